The molecule has 2 fully saturated rings. The van der Waals surface area contributed by atoms with Crippen LogP contribution in [0.3, 0.4) is 0 Å². The monoisotopic (exact) mass is 602 g/mol. The van der Waals surface area contributed by atoms with E-state index in [4.69, 9.17) is 26.1 Å². The van der Waals surface area contributed by atoms with Gasteiger partial charge in [-0.1, -0.05) is 23.7 Å². The van der Waals surface area contributed by atoms with E-state index in [0.29, 0.717) is 33.9 Å². The Balaban J connectivity index is 1.05. The van der Waals surface area contributed by atoms with Crippen molar-refractivity contribution in [2.45, 2.75) is 57.9 Å². The molecular weight excluding hydrogens is 571 g/mol. The second-order valence-electron chi connectivity index (χ2n) is 11.2. The van der Waals surface area contributed by atoms with Crippen LogP contribution in [-0.4, -0.2) is 65.4 Å². The fourth-order valence-electron chi connectivity index (χ4n) is 5.83. The number of ether oxygens (including phenoxy) is 2. The van der Waals surface area contributed by atoms with Gasteiger partial charge in [-0.15, -0.1) is 0 Å². The van der Waals surface area contributed by atoms with Crippen LogP contribution >= 0.6 is 11.6 Å². The predicted molar refractivity (Wildman–Crippen MR) is 159 cm³/mol. The number of pyridine rings is 2. The number of halogens is 2. The third-order valence-electron chi connectivity index (χ3n) is 8.29. The Morgan fingerprint density at radius 2 is 1.98 bits per heavy atom. The largest absolute Gasteiger partial charge is 0.472 e. The normalized spacial score (nSPS) is 17.8. The molecule has 12 heteroatoms. The van der Waals surface area contributed by atoms with Crippen LogP contribution in [0.25, 0.3) is 22.6 Å². The van der Waals surface area contributed by atoms with Crippen molar-refractivity contribution in [3.63, 3.8) is 0 Å². The molecule has 4 aromatic heterocycles. The number of piperidine rings is 1. The first kappa shape index (κ1) is 27.9. The van der Waals surface area contributed by atoms with E-state index < -0.39 is 0 Å². The maximum Gasteiger partial charge on any atom is 0.217 e. The van der Waals surface area contributed by atoms with Crippen LogP contribution in [0.4, 0.5) is 4.39 Å². The van der Waals surface area contributed by atoms with E-state index in [1.807, 2.05) is 25.3 Å². The van der Waals surface area contributed by atoms with Gasteiger partial charge in [-0.05, 0) is 69.5 Å². The van der Waals surface area contributed by atoms with Gasteiger partial charge in [-0.25, -0.2) is 19.3 Å². The number of hydrogen-bond acceptors (Lipinski definition) is 8. The number of nitrogens with one attached hydrogen (secondary N) is 1. The van der Waals surface area contributed by atoms with Gasteiger partial charge in [0, 0.05) is 29.0 Å². The highest BCUT2D eigenvalue weighted by molar-refractivity contribution is 6.30. The molecule has 2 aliphatic heterocycles. The van der Waals surface area contributed by atoms with E-state index in [0.717, 1.165) is 80.3 Å². The minimum absolute atomic E-state index is 0.0964. The highest BCUT2D eigenvalue weighted by Gasteiger charge is 2.27. The molecule has 0 radical (unpaired) electrons. The van der Waals surface area contributed by atoms with Gasteiger partial charge < -0.3 is 14.0 Å². The van der Waals surface area contributed by atoms with Gasteiger partial charge in [0.2, 0.25) is 5.88 Å². The SMILES string of the molecule is Cc1nc(-c2cc3nc(CN4CCC(c5cccnc5OCc5ccc(Cl)cc5F)CC4)n(CC4CCO4)c3cn2)n[nH]1. The third kappa shape index (κ3) is 5.97. The summed E-state index contributed by atoms with van der Waals surface area (Å²) >= 11 is 5.90. The zero-order valence-electron chi connectivity index (χ0n) is 23.8. The molecule has 43 heavy (non-hydrogen) atoms. The van der Waals surface area contributed by atoms with Crippen molar-refractivity contribution in [1.82, 2.24) is 39.6 Å². The highest BCUT2D eigenvalue weighted by atomic mass is 35.5. The number of aromatic nitrogens is 7. The van der Waals surface area contributed by atoms with Gasteiger partial charge in [-0.2, -0.15) is 5.10 Å². The second-order valence-corrected chi connectivity index (χ2v) is 11.6. The average molecular weight is 603 g/mol. The lowest BCUT2D eigenvalue weighted by molar-refractivity contribution is -0.0592. The molecule has 1 unspecified atom stereocenters. The summed E-state index contributed by atoms with van der Waals surface area (Å²) in [6, 6.07) is 10.6. The van der Waals surface area contributed by atoms with Crippen molar-refractivity contribution in [3.05, 3.63) is 82.4 Å². The number of nitrogens with zero attached hydrogens (tertiary/aromatic N) is 7. The maximum atomic E-state index is 14.3. The van der Waals surface area contributed by atoms with E-state index in [-0.39, 0.29) is 18.5 Å². The van der Waals surface area contributed by atoms with Crippen LogP contribution in [0.5, 0.6) is 5.88 Å². The molecule has 10 nitrogen and oxygen atoms in total. The summed E-state index contributed by atoms with van der Waals surface area (Å²) in [4.78, 5) is 21.1. The number of hydrogen-bond donors (Lipinski definition) is 1. The molecule has 6 heterocycles. The number of benzene rings is 1. The lowest BCUT2D eigenvalue weighted by Gasteiger charge is -2.33. The first-order valence-electron chi connectivity index (χ1n) is 14.6. The average Bonchev–Trinajstić information content (AvgIpc) is 3.57. The summed E-state index contributed by atoms with van der Waals surface area (Å²) in [5.74, 6) is 2.79. The van der Waals surface area contributed by atoms with Crippen molar-refractivity contribution in [3.8, 4) is 17.4 Å². The number of imidazole rings is 1. The van der Waals surface area contributed by atoms with Gasteiger partial charge >= 0.3 is 0 Å². The Kier molecular flexibility index (Phi) is 7.77. The third-order valence-corrected chi connectivity index (χ3v) is 8.53. The molecule has 1 N–H and O–H groups in total. The number of aromatic amines is 1. The van der Waals surface area contributed by atoms with Crippen LogP contribution in [0.1, 0.15) is 48.0 Å². The molecule has 0 amide bonds. The van der Waals surface area contributed by atoms with Crippen LogP contribution in [0.15, 0.2) is 48.8 Å². The topological polar surface area (TPSA) is 107 Å². The Morgan fingerprint density at radius 1 is 1.12 bits per heavy atom. The quantitative estimate of drug-likeness (QED) is 0.237. The number of aryl methyl sites for hydroxylation is 1. The molecular formula is C31H32ClFN8O2. The van der Waals surface area contributed by atoms with E-state index in [1.165, 1.54) is 6.07 Å². The molecule has 2 aliphatic rings. The first-order chi connectivity index (χ1) is 21.0. The zero-order chi connectivity index (χ0) is 29.3. The van der Waals surface area contributed by atoms with Crippen molar-refractivity contribution in [2.75, 3.05) is 19.7 Å². The Hall–Kier alpha value is -3.93. The predicted octanol–water partition coefficient (Wildman–Crippen LogP) is 5.46. The van der Waals surface area contributed by atoms with Crippen LogP contribution in [0, 0.1) is 12.7 Å². The van der Waals surface area contributed by atoms with Crippen molar-refractivity contribution >= 4 is 22.6 Å². The Labute approximate surface area is 253 Å². The van der Waals surface area contributed by atoms with E-state index in [2.05, 4.69) is 40.7 Å². The molecule has 0 aliphatic carbocycles. The fraction of sp³-hybridized carbons (Fsp3) is 0.387. The summed E-state index contributed by atoms with van der Waals surface area (Å²) in [7, 11) is 0. The van der Waals surface area contributed by atoms with Crippen LogP contribution in [-0.2, 0) is 24.4 Å². The van der Waals surface area contributed by atoms with E-state index >= 15 is 0 Å². The highest BCUT2D eigenvalue weighted by Crippen LogP contribution is 2.34. The smallest absolute Gasteiger partial charge is 0.217 e. The minimum Gasteiger partial charge on any atom is -0.472 e. The molecule has 222 valence electrons. The summed E-state index contributed by atoms with van der Waals surface area (Å²) in [5.41, 5.74) is 4.08. The lowest BCUT2D eigenvalue weighted by atomic mass is 9.90. The molecule has 1 aromatic carbocycles. The molecule has 5 aromatic rings. The molecule has 7 rings (SSSR count). The molecule has 0 spiro atoms. The van der Waals surface area contributed by atoms with Gasteiger partial charge in [0.15, 0.2) is 5.82 Å². The van der Waals surface area contributed by atoms with Gasteiger partial charge in [0.1, 0.15) is 29.8 Å². The van der Waals surface area contributed by atoms with Crippen LogP contribution < -0.4 is 4.74 Å². The lowest BCUT2D eigenvalue weighted by Crippen LogP contribution is -2.35. The summed E-state index contributed by atoms with van der Waals surface area (Å²) in [6.45, 7) is 6.08. The molecule has 1 atom stereocenters. The fourth-order valence-corrected chi connectivity index (χ4v) is 5.99. The number of H-pyrrole nitrogens is 1. The van der Waals surface area contributed by atoms with Crippen molar-refractivity contribution in [1.29, 1.82) is 0 Å². The minimum atomic E-state index is -0.381. The number of fused-ring (bicyclic) bond motifs is 1. The van der Waals surface area contributed by atoms with Gasteiger partial charge in [0.05, 0.1) is 36.4 Å². The van der Waals surface area contributed by atoms with E-state index in [9.17, 15) is 4.39 Å². The number of rotatable bonds is 9. The van der Waals surface area contributed by atoms with Crippen molar-refractivity contribution < 1.29 is 13.9 Å². The molecule has 0 saturated carbocycles. The number of likely N-dealkylation sites (tertiary alicyclic amines) is 1. The van der Waals surface area contributed by atoms with Crippen LogP contribution in [0.2, 0.25) is 5.02 Å². The second kappa shape index (κ2) is 12.0. The van der Waals surface area contributed by atoms with E-state index in [1.54, 1.807) is 18.3 Å². The van der Waals surface area contributed by atoms with Gasteiger partial charge in [0.25, 0.3) is 0 Å². The molecule has 0 bridgehead atoms. The van der Waals surface area contributed by atoms with Crippen molar-refractivity contribution in [2.24, 2.45) is 0 Å². The first-order valence-corrected chi connectivity index (χ1v) is 15.0. The summed E-state index contributed by atoms with van der Waals surface area (Å²) < 4.78 is 28.4. The summed E-state index contributed by atoms with van der Waals surface area (Å²) in [6.07, 6.45) is 6.75. The zero-order valence-corrected chi connectivity index (χ0v) is 24.6. The maximum absolute atomic E-state index is 14.3. The molecule has 2 saturated heterocycles. The Bertz CT molecular complexity index is 1750. The summed E-state index contributed by atoms with van der Waals surface area (Å²) in [5, 5.41) is 7.51. The Morgan fingerprint density at radius 3 is 2.72 bits per heavy atom. The standard InChI is InChI=1S/C31H32ClFN8O2/c1-19-36-30(39-38-19)27-14-26-28(15-35-27)41(16-23-8-12-42-23)29(37-26)17-40-10-6-20(7-11-40)24-3-2-9-34-31(24)43-18-21-4-5-22(32)13-25(21)33/h2-5,9,13-15,20,23H,6-8,10-12,16-18H2,1H3,(H,36,38,39). The van der Waals surface area contributed by atoms with Gasteiger partial charge in [-0.3, -0.25) is 15.0 Å².